The lowest BCUT2D eigenvalue weighted by Crippen LogP contribution is -2.33. The van der Waals surface area contributed by atoms with Crippen LogP contribution >= 0.6 is 0 Å². The molecule has 7 heteroatoms. The second-order valence-electron chi connectivity index (χ2n) is 6.17. The summed E-state index contributed by atoms with van der Waals surface area (Å²) in [6.45, 7) is 4.25. The lowest BCUT2D eigenvalue weighted by Gasteiger charge is -2.15. The van der Waals surface area contributed by atoms with Gasteiger partial charge in [0, 0.05) is 25.2 Å². The lowest BCUT2D eigenvalue weighted by molar-refractivity contribution is 0.0636. The van der Waals surface area contributed by atoms with Crippen LogP contribution in [-0.2, 0) is 7.05 Å². The lowest BCUT2D eigenvalue weighted by atomic mass is 10.1. The number of rotatable bonds is 4. The number of benzene rings is 1. The highest BCUT2D eigenvalue weighted by molar-refractivity contribution is 6.22. The average Bonchev–Trinajstić information content (AvgIpc) is 3.04. The van der Waals surface area contributed by atoms with E-state index in [4.69, 9.17) is 0 Å². The van der Waals surface area contributed by atoms with Crippen LogP contribution in [0.25, 0.3) is 0 Å². The molecule has 0 saturated heterocycles. The summed E-state index contributed by atoms with van der Waals surface area (Å²) in [5, 5.41) is 6.70. The Morgan fingerprint density at radius 1 is 1.17 bits per heavy atom. The first-order chi connectivity index (χ1) is 11.4. The van der Waals surface area contributed by atoms with Crippen molar-refractivity contribution >= 4 is 23.5 Å². The molecule has 0 unspecified atom stereocenters. The molecule has 0 atom stereocenters. The van der Waals surface area contributed by atoms with E-state index < -0.39 is 0 Å². The number of nitrogens with zero attached hydrogens (tertiary/aromatic N) is 3. The number of carbonyl (C=O) groups is 3. The number of aryl methyl sites for hydroxylation is 1. The maximum Gasteiger partial charge on any atom is 0.261 e. The Balaban J connectivity index is 1.87. The van der Waals surface area contributed by atoms with Gasteiger partial charge in [-0.3, -0.25) is 24.0 Å². The van der Waals surface area contributed by atoms with Crippen molar-refractivity contribution in [1.29, 1.82) is 0 Å². The van der Waals surface area contributed by atoms with Crippen molar-refractivity contribution in [3.8, 4) is 0 Å². The van der Waals surface area contributed by atoms with E-state index in [1.165, 1.54) is 21.7 Å². The van der Waals surface area contributed by atoms with Crippen LogP contribution in [-0.4, -0.2) is 38.9 Å². The topological polar surface area (TPSA) is 84.3 Å². The molecule has 0 fully saturated rings. The number of carbonyl (C=O) groups excluding carboxylic acids is 3. The van der Waals surface area contributed by atoms with Crippen LogP contribution in [0, 0.1) is 5.92 Å². The zero-order valence-corrected chi connectivity index (χ0v) is 13.7. The van der Waals surface area contributed by atoms with Crippen LogP contribution in [0.1, 0.15) is 44.9 Å². The highest BCUT2D eigenvalue weighted by Crippen LogP contribution is 2.25. The first kappa shape index (κ1) is 15.9. The number of nitrogens with one attached hydrogen (secondary N) is 1. The number of anilines is 1. The number of fused-ring (bicyclic) bond motifs is 1. The van der Waals surface area contributed by atoms with Gasteiger partial charge in [0.2, 0.25) is 0 Å². The molecule has 1 aliphatic heterocycles. The van der Waals surface area contributed by atoms with E-state index >= 15 is 0 Å². The van der Waals surface area contributed by atoms with E-state index in [2.05, 4.69) is 10.4 Å². The molecule has 1 N–H and O–H groups in total. The Labute approximate surface area is 139 Å². The van der Waals surface area contributed by atoms with Crippen molar-refractivity contribution in [2.24, 2.45) is 13.0 Å². The van der Waals surface area contributed by atoms with Gasteiger partial charge in [-0.2, -0.15) is 5.10 Å². The molecule has 0 aliphatic carbocycles. The fraction of sp³-hybridized carbons (Fsp3) is 0.294. The summed E-state index contributed by atoms with van der Waals surface area (Å²) in [6.07, 6.45) is 1.57. The van der Waals surface area contributed by atoms with E-state index in [9.17, 15) is 14.4 Å². The molecule has 0 saturated carbocycles. The number of hydrogen-bond donors (Lipinski definition) is 1. The molecule has 1 aliphatic rings. The Morgan fingerprint density at radius 3 is 2.50 bits per heavy atom. The summed E-state index contributed by atoms with van der Waals surface area (Å²) in [5.41, 5.74) is 0.943. The van der Waals surface area contributed by atoms with Gasteiger partial charge in [0.1, 0.15) is 5.82 Å². The Kier molecular flexibility index (Phi) is 3.92. The van der Waals surface area contributed by atoms with Crippen LogP contribution in [0.4, 0.5) is 5.82 Å². The van der Waals surface area contributed by atoms with E-state index in [1.807, 2.05) is 13.8 Å². The van der Waals surface area contributed by atoms with Gasteiger partial charge < -0.3 is 5.32 Å². The number of aromatic nitrogens is 2. The molecule has 0 spiro atoms. The van der Waals surface area contributed by atoms with Gasteiger partial charge in [-0.15, -0.1) is 0 Å². The van der Waals surface area contributed by atoms with Gasteiger partial charge >= 0.3 is 0 Å². The average molecular weight is 326 g/mol. The molecular formula is C17H18N4O3. The predicted octanol–water partition coefficient (Wildman–Crippen LogP) is 1.92. The van der Waals surface area contributed by atoms with Crippen LogP contribution < -0.4 is 5.32 Å². The Morgan fingerprint density at radius 2 is 1.88 bits per heavy atom. The summed E-state index contributed by atoms with van der Waals surface area (Å²) in [6, 6.07) is 6.23. The Bertz CT molecular complexity index is 838. The van der Waals surface area contributed by atoms with E-state index in [0.29, 0.717) is 23.5 Å². The predicted molar refractivity (Wildman–Crippen MR) is 87.8 cm³/mol. The minimum Gasteiger partial charge on any atom is -0.307 e. The first-order valence-electron chi connectivity index (χ1n) is 7.68. The Hall–Kier alpha value is -2.96. The standard InChI is InChI=1S/C17H18N4O3/c1-10(2)9-21-16(23)12-5-4-11(8-13(12)17(21)24)15(22)19-14-6-7-18-20(14)3/h4-8,10H,9H2,1-3H3,(H,19,22). The number of amides is 3. The fourth-order valence-corrected chi connectivity index (χ4v) is 2.65. The van der Waals surface area contributed by atoms with Crippen LogP contribution in [0.15, 0.2) is 30.5 Å². The molecule has 2 heterocycles. The third-order valence-corrected chi connectivity index (χ3v) is 3.84. The molecule has 24 heavy (non-hydrogen) atoms. The summed E-state index contributed by atoms with van der Waals surface area (Å²) < 4.78 is 1.53. The first-order valence-corrected chi connectivity index (χ1v) is 7.68. The molecule has 1 aromatic heterocycles. The molecule has 2 aromatic rings. The minimum absolute atomic E-state index is 0.180. The highest BCUT2D eigenvalue weighted by atomic mass is 16.2. The van der Waals surface area contributed by atoms with E-state index in [1.54, 1.807) is 25.4 Å². The summed E-state index contributed by atoms with van der Waals surface area (Å²) in [7, 11) is 1.71. The van der Waals surface area contributed by atoms with Crippen molar-refractivity contribution in [3.05, 3.63) is 47.2 Å². The van der Waals surface area contributed by atoms with Crippen molar-refractivity contribution in [2.75, 3.05) is 11.9 Å². The van der Waals surface area contributed by atoms with Crippen molar-refractivity contribution in [1.82, 2.24) is 14.7 Å². The molecule has 0 radical (unpaired) electrons. The zero-order valence-electron chi connectivity index (χ0n) is 13.7. The highest BCUT2D eigenvalue weighted by Gasteiger charge is 2.36. The third kappa shape index (κ3) is 2.68. The van der Waals surface area contributed by atoms with Gasteiger partial charge in [-0.25, -0.2) is 0 Å². The molecular weight excluding hydrogens is 308 g/mol. The number of hydrogen-bond acceptors (Lipinski definition) is 4. The summed E-state index contributed by atoms with van der Waals surface area (Å²) in [5.74, 6) is -0.283. The maximum absolute atomic E-state index is 12.4. The van der Waals surface area contributed by atoms with Crippen LogP contribution in [0.5, 0.6) is 0 Å². The molecule has 7 nitrogen and oxygen atoms in total. The molecule has 0 bridgehead atoms. The monoisotopic (exact) mass is 326 g/mol. The van der Waals surface area contributed by atoms with Gasteiger partial charge in [-0.05, 0) is 24.1 Å². The largest absolute Gasteiger partial charge is 0.307 e. The smallest absolute Gasteiger partial charge is 0.261 e. The van der Waals surface area contributed by atoms with Crippen molar-refractivity contribution in [2.45, 2.75) is 13.8 Å². The third-order valence-electron chi connectivity index (χ3n) is 3.84. The molecule has 124 valence electrons. The fourth-order valence-electron chi connectivity index (χ4n) is 2.65. The molecule has 3 rings (SSSR count). The second-order valence-corrected chi connectivity index (χ2v) is 6.17. The normalized spacial score (nSPS) is 13.6. The second kappa shape index (κ2) is 5.92. The van der Waals surface area contributed by atoms with Gasteiger partial charge in [-0.1, -0.05) is 13.8 Å². The van der Waals surface area contributed by atoms with Crippen molar-refractivity contribution < 1.29 is 14.4 Å². The molecule has 3 amide bonds. The summed E-state index contributed by atoms with van der Waals surface area (Å²) in [4.78, 5) is 38.3. The summed E-state index contributed by atoms with van der Waals surface area (Å²) >= 11 is 0. The quantitative estimate of drug-likeness (QED) is 0.870. The van der Waals surface area contributed by atoms with Crippen LogP contribution in [0.2, 0.25) is 0 Å². The van der Waals surface area contributed by atoms with E-state index in [-0.39, 0.29) is 29.2 Å². The molecule has 1 aromatic carbocycles. The maximum atomic E-state index is 12.4. The van der Waals surface area contributed by atoms with Gasteiger partial charge in [0.15, 0.2) is 0 Å². The van der Waals surface area contributed by atoms with Gasteiger partial charge in [0.05, 0.1) is 17.3 Å². The zero-order chi connectivity index (χ0) is 17.4. The SMILES string of the molecule is CC(C)CN1C(=O)c2ccc(C(=O)Nc3ccnn3C)cc2C1=O. The number of imide groups is 1. The van der Waals surface area contributed by atoms with Crippen LogP contribution in [0.3, 0.4) is 0 Å². The van der Waals surface area contributed by atoms with Gasteiger partial charge in [0.25, 0.3) is 17.7 Å². The van der Waals surface area contributed by atoms with E-state index in [0.717, 1.165) is 0 Å². The minimum atomic E-state index is -0.357. The van der Waals surface area contributed by atoms with Crippen molar-refractivity contribution in [3.63, 3.8) is 0 Å².